The molecule has 0 radical (unpaired) electrons. The minimum atomic E-state index is -0.902. The Labute approximate surface area is 89.8 Å². The monoisotopic (exact) mass is 214 g/mol. The van der Waals surface area contributed by atoms with Crippen LogP contribution >= 0.6 is 0 Å². The van der Waals surface area contributed by atoms with Crippen molar-refractivity contribution in [3.8, 4) is 0 Å². The Morgan fingerprint density at radius 2 is 2.07 bits per heavy atom. The van der Waals surface area contributed by atoms with Crippen molar-refractivity contribution in [3.63, 3.8) is 0 Å². The molecule has 0 spiro atoms. The Morgan fingerprint density at radius 1 is 1.47 bits per heavy atom. The smallest absolute Gasteiger partial charge is 0.317 e. The van der Waals surface area contributed by atoms with Gasteiger partial charge in [-0.15, -0.1) is 0 Å². The SMILES string of the molecule is C=C(C)CNC(=O)N(CC)CCC(=O)O. The second-order valence-electron chi connectivity index (χ2n) is 3.34. The van der Waals surface area contributed by atoms with Crippen LogP contribution in [-0.4, -0.2) is 41.6 Å². The zero-order valence-corrected chi connectivity index (χ0v) is 9.25. The molecule has 0 aromatic heterocycles. The van der Waals surface area contributed by atoms with Gasteiger partial charge in [-0.25, -0.2) is 4.79 Å². The van der Waals surface area contributed by atoms with Crippen molar-refractivity contribution < 1.29 is 14.7 Å². The predicted molar refractivity (Wildman–Crippen MR) is 57.7 cm³/mol. The number of carboxylic acids is 1. The summed E-state index contributed by atoms with van der Waals surface area (Å²) in [4.78, 5) is 23.3. The van der Waals surface area contributed by atoms with Crippen LogP contribution in [0.3, 0.4) is 0 Å². The Bertz CT molecular complexity index is 251. The molecule has 0 heterocycles. The summed E-state index contributed by atoms with van der Waals surface area (Å²) in [6.45, 7) is 8.42. The highest BCUT2D eigenvalue weighted by atomic mass is 16.4. The molecular formula is C10H18N2O3. The lowest BCUT2D eigenvalue weighted by Gasteiger charge is -2.20. The third-order valence-corrected chi connectivity index (χ3v) is 1.81. The number of carboxylic acid groups (broad SMARTS) is 1. The lowest BCUT2D eigenvalue weighted by Crippen LogP contribution is -2.41. The second kappa shape index (κ2) is 6.86. The lowest BCUT2D eigenvalue weighted by atomic mass is 10.3. The fourth-order valence-corrected chi connectivity index (χ4v) is 0.972. The number of carbonyl (C=O) groups is 2. The Morgan fingerprint density at radius 3 is 2.47 bits per heavy atom. The van der Waals surface area contributed by atoms with Crippen molar-refractivity contribution >= 4 is 12.0 Å². The van der Waals surface area contributed by atoms with Crippen molar-refractivity contribution in [1.82, 2.24) is 10.2 Å². The molecule has 5 nitrogen and oxygen atoms in total. The van der Waals surface area contributed by atoms with Crippen molar-refractivity contribution in [3.05, 3.63) is 12.2 Å². The highest BCUT2D eigenvalue weighted by Crippen LogP contribution is 1.93. The maximum absolute atomic E-state index is 11.5. The highest BCUT2D eigenvalue weighted by Gasteiger charge is 2.11. The molecule has 0 saturated carbocycles. The molecule has 0 aromatic rings. The van der Waals surface area contributed by atoms with Gasteiger partial charge in [-0.3, -0.25) is 4.79 Å². The first-order chi connectivity index (χ1) is 6.97. The number of amides is 2. The Hall–Kier alpha value is -1.52. The normalized spacial score (nSPS) is 9.47. The van der Waals surface area contributed by atoms with E-state index in [0.29, 0.717) is 13.1 Å². The maximum atomic E-state index is 11.5. The molecule has 0 aliphatic carbocycles. The molecule has 0 fully saturated rings. The molecule has 0 unspecified atom stereocenters. The number of carbonyl (C=O) groups excluding carboxylic acids is 1. The second-order valence-corrected chi connectivity index (χ2v) is 3.34. The molecule has 0 aliphatic rings. The van der Waals surface area contributed by atoms with Crippen molar-refractivity contribution in [2.45, 2.75) is 20.3 Å². The fourth-order valence-electron chi connectivity index (χ4n) is 0.972. The van der Waals surface area contributed by atoms with E-state index < -0.39 is 5.97 Å². The minimum Gasteiger partial charge on any atom is -0.481 e. The van der Waals surface area contributed by atoms with E-state index in [4.69, 9.17) is 5.11 Å². The van der Waals surface area contributed by atoms with Gasteiger partial charge in [0.15, 0.2) is 0 Å². The molecule has 5 heteroatoms. The van der Waals surface area contributed by atoms with Crippen LogP contribution in [-0.2, 0) is 4.79 Å². The van der Waals surface area contributed by atoms with Gasteiger partial charge in [0.25, 0.3) is 0 Å². The summed E-state index contributed by atoms with van der Waals surface area (Å²) < 4.78 is 0. The summed E-state index contributed by atoms with van der Waals surface area (Å²) in [5.41, 5.74) is 0.859. The maximum Gasteiger partial charge on any atom is 0.317 e. The average molecular weight is 214 g/mol. The van der Waals surface area contributed by atoms with Crippen LogP contribution in [0, 0.1) is 0 Å². The lowest BCUT2D eigenvalue weighted by molar-refractivity contribution is -0.137. The molecule has 0 saturated heterocycles. The summed E-state index contributed by atoms with van der Waals surface area (Å²) in [7, 11) is 0. The number of rotatable bonds is 6. The van der Waals surface area contributed by atoms with Gasteiger partial charge in [-0.2, -0.15) is 0 Å². The van der Waals surface area contributed by atoms with Gasteiger partial charge in [0.05, 0.1) is 6.42 Å². The van der Waals surface area contributed by atoms with Crippen LogP contribution in [0.2, 0.25) is 0 Å². The van der Waals surface area contributed by atoms with Crippen LogP contribution in [0.15, 0.2) is 12.2 Å². The van der Waals surface area contributed by atoms with E-state index in [9.17, 15) is 9.59 Å². The predicted octanol–water partition coefficient (Wildman–Crippen LogP) is 1.07. The van der Waals surface area contributed by atoms with Gasteiger partial charge < -0.3 is 15.3 Å². The van der Waals surface area contributed by atoms with Crippen LogP contribution in [0.1, 0.15) is 20.3 Å². The molecule has 86 valence electrons. The molecule has 0 atom stereocenters. The molecule has 0 aliphatic heterocycles. The third-order valence-electron chi connectivity index (χ3n) is 1.81. The first kappa shape index (κ1) is 13.5. The van der Waals surface area contributed by atoms with Gasteiger partial charge in [-0.05, 0) is 13.8 Å². The largest absolute Gasteiger partial charge is 0.481 e. The highest BCUT2D eigenvalue weighted by molar-refractivity contribution is 5.75. The number of hydrogen-bond acceptors (Lipinski definition) is 2. The van der Waals surface area contributed by atoms with E-state index >= 15 is 0 Å². The fraction of sp³-hybridized carbons (Fsp3) is 0.600. The van der Waals surface area contributed by atoms with Crippen LogP contribution in [0.4, 0.5) is 4.79 Å². The van der Waals surface area contributed by atoms with E-state index in [2.05, 4.69) is 11.9 Å². The van der Waals surface area contributed by atoms with Crippen molar-refractivity contribution in [2.24, 2.45) is 0 Å². The van der Waals surface area contributed by atoms with E-state index in [0.717, 1.165) is 5.57 Å². The topological polar surface area (TPSA) is 69.6 Å². The third kappa shape index (κ3) is 6.54. The minimum absolute atomic E-state index is 0.0334. The molecule has 2 amide bonds. The number of nitrogens with one attached hydrogen (secondary N) is 1. The van der Waals surface area contributed by atoms with Crippen molar-refractivity contribution in [2.75, 3.05) is 19.6 Å². The number of aliphatic carboxylic acids is 1. The van der Waals surface area contributed by atoms with Gasteiger partial charge >= 0.3 is 12.0 Å². The van der Waals surface area contributed by atoms with E-state index in [1.165, 1.54) is 4.90 Å². The summed E-state index contributed by atoms with van der Waals surface area (Å²) >= 11 is 0. The molecule has 15 heavy (non-hydrogen) atoms. The van der Waals surface area contributed by atoms with Crippen LogP contribution in [0.25, 0.3) is 0 Å². The van der Waals surface area contributed by atoms with Gasteiger partial charge in [-0.1, -0.05) is 12.2 Å². The van der Waals surface area contributed by atoms with Crippen LogP contribution in [0.5, 0.6) is 0 Å². The molecular weight excluding hydrogens is 196 g/mol. The zero-order valence-electron chi connectivity index (χ0n) is 9.25. The molecule has 0 bridgehead atoms. The van der Waals surface area contributed by atoms with E-state index in [-0.39, 0.29) is 19.0 Å². The first-order valence-corrected chi connectivity index (χ1v) is 4.86. The van der Waals surface area contributed by atoms with Gasteiger partial charge in [0, 0.05) is 19.6 Å². The number of urea groups is 1. The Kier molecular flexibility index (Phi) is 6.17. The molecule has 0 rings (SSSR count). The standard InChI is InChI=1S/C10H18N2O3/c1-4-12(6-5-9(13)14)10(15)11-7-8(2)3/h2,4-7H2,1,3H3,(H,11,15)(H,13,14). The van der Waals surface area contributed by atoms with E-state index in [1.54, 1.807) is 0 Å². The average Bonchev–Trinajstić information content (AvgIpc) is 2.15. The quantitative estimate of drug-likeness (QED) is 0.650. The molecule has 2 N–H and O–H groups in total. The molecule has 0 aromatic carbocycles. The van der Waals surface area contributed by atoms with Gasteiger partial charge in [0.1, 0.15) is 0 Å². The number of nitrogens with zero attached hydrogens (tertiary/aromatic N) is 1. The Balaban J connectivity index is 3.98. The van der Waals surface area contributed by atoms with Gasteiger partial charge in [0.2, 0.25) is 0 Å². The summed E-state index contributed by atoms with van der Waals surface area (Å²) in [6.07, 6.45) is -0.0334. The zero-order chi connectivity index (χ0) is 11.8. The first-order valence-electron chi connectivity index (χ1n) is 4.86. The van der Waals surface area contributed by atoms with Crippen LogP contribution < -0.4 is 5.32 Å². The summed E-state index contributed by atoms with van der Waals surface area (Å²) in [6, 6.07) is -0.248. The van der Waals surface area contributed by atoms with Crippen molar-refractivity contribution in [1.29, 1.82) is 0 Å². The summed E-state index contributed by atoms with van der Waals surface area (Å²) in [5, 5.41) is 11.1. The summed E-state index contributed by atoms with van der Waals surface area (Å²) in [5.74, 6) is -0.902. The van der Waals surface area contributed by atoms with E-state index in [1.807, 2.05) is 13.8 Å². The number of hydrogen-bond donors (Lipinski definition) is 2.